The monoisotopic (exact) mass is 438 g/mol. The lowest BCUT2D eigenvalue weighted by molar-refractivity contribution is 0.0648. The molecule has 0 unspecified atom stereocenters. The molecule has 1 aliphatic carbocycles. The molecule has 0 radical (unpaired) electrons. The van der Waals surface area contributed by atoms with E-state index in [0.29, 0.717) is 17.8 Å². The maximum atomic E-state index is 13.3. The first-order valence-electron chi connectivity index (χ1n) is 9.70. The van der Waals surface area contributed by atoms with Crippen LogP contribution in [0.4, 0.5) is 10.1 Å². The van der Waals surface area contributed by atoms with Gasteiger partial charge in [-0.2, -0.15) is 0 Å². The molecule has 1 aliphatic rings. The topological polar surface area (TPSA) is 66.5 Å². The van der Waals surface area contributed by atoms with E-state index in [9.17, 15) is 17.6 Å². The molecule has 1 amide bonds. The van der Waals surface area contributed by atoms with Crippen molar-refractivity contribution >= 4 is 33.2 Å². The van der Waals surface area contributed by atoms with Gasteiger partial charge in [-0.1, -0.05) is 30.9 Å². The number of sulfonamides is 1. The minimum absolute atomic E-state index is 0.0425. The summed E-state index contributed by atoms with van der Waals surface area (Å²) >= 11 is 5.68. The van der Waals surface area contributed by atoms with Crippen LogP contribution in [0.3, 0.4) is 0 Å². The average molecular weight is 439 g/mol. The van der Waals surface area contributed by atoms with E-state index in [1.807, 2.05) is 11.8 Å². The Morgan fingerprint density at radius 1 is 1.14 bits per heavy atom. The van der Waals surface area contributed by atoms with Crippen LogP contribution in [0, 0.1) is 5.82 Å². The maximum Gasteiger partial charge on any atom is 0.261 e. The molecular weight excluding hydrogens is 415 g/mol. The lowest BCUT2D eigenvalue weighted by Crippen LogP contribution is -2.41. The number of carbonyl (C=O) groups is 1. The van der Waals surface area contributed by atoms with Crippen molar-refractivity contribution in [3.63, 3.8) is 0 Å². The van der Waals surface area contributed by atoms with Gasteiger partial charge in [0.1, 0.15) is 5.82 Å². The quantitative estimate of drug-likeness (QED) is 0.684. The molecule has 29 heavy (non-hydrogen) atoms. The fourth-order valence-electron chi connectivity index (χ4n) is 3.67. The Balaban J connectivity index is 1.73. The Morgan fingerprint density at radius 2 is 1.79 bits per heavy atom. The number of amides is 1. The highest BCUT2D eigenvalue weighted by molar-refractivity contribution is 7.92. The summed E-state index contributed by atoms with van der Waals surface area (Å²) in [5, 5.41) is -0.267. The van der Waals surface area contributed by atoms with Crippen molar-refractivity contribution in [1.29, 1.82) is 0 Å². The van der Waals surface area contributed by atoms with Crippen LogP contribution < -0.4 is 4.72 Å². The number of hydrogen-bond donors (Lipinski definition) is 1. The lowest BCUT2D eigenvalue weighted by atomic mass is 9.93. The second-order valence-corrected chi connectivity index (χ2v) is 9.23. The number of nitrogens with zero attached hydrogens (tertiary/aromatic N) is 1. The van der Waals surface area contributed by atoms with E-state index in [2.05, 4.69) is 4.72 Å². The van der Waals surface area contributed by atoms with Gasteiger partial charge in [0.2, 0.25) is 0 Å². The van der Waals surface area contributed by atoms with Crippen LogP contribution in [-0.4, -0.2) is 31.8 Å². The molecule has 3 rings (SSSR count). The molecule has 5 nitrogen and oxygen atoms in total. The molecule has 0 saturated heterocycles. The van der Waals surface area contributed by atoms with Crippen molar-refractivity contribution < 1.29 is 17.6 Å². The predicted octanol–water partition coefficient (Wildman–Crippen LogP) is 5.07. The average Bonchev–Trinajstić information content (AvgIpc) is 2.71. The highest BCUT2D eigenvalue weighted by Crippen LogP contribution is 2.25. The summed E-state index contributed by atoms with van der Waals surface area (Å²) in [4.78, 5) is 14.7. The zero-order chi connectivity index (χ0) is 21.0. The van der Waals surface area contributed by atoms with E-state index in [1.165, 1.54) is 6.42 Å². The van der Waals surface area contributed by atoms with Crippen LogP contribution in [0.25, 0.3) is 0 Å². The smallest absolute Gasteiger partial charge is 0.261 e. The summed E-state index contributed by atoms with van der Waals surface area (Å²) in [5.74, 6) is -0.731. The van der Waals surface area contributed by atoms with E-state index in [1.54, 1.807) is 24.3 Å². The third-order valence-corrected chi connectivity index (χ3v) is 6.87. The Hall–Kier alpha value is -2.12. The van der Waals surface area contributed by atoms with Gasteiger partial charge in [0, 0.05) is 23.8 Å². The zero-order valence-electron chi connectivity index (χ0n) is 16.2. The highest BCUT2D eigenvalue weighted by atomic mass is 35.5. The predicted molar refractivity (Wildman–Crippen MR) is 112 cm³/mol. The molecule has 0 aliphatic heterocycles. The van der Waals surface area contributed by atoms with Crippen LogP contribution in [-0.2, 0) is 10.0 Å². The summed E-state index contributed by atoms with van der Waals surface area (Å²) in [7, 11) is -3.92. The van der Waals surface area contributed by atoms with Crippen LogP contribution in [0.2, 0.25) is 5.02 Å². The fourth-order valence-corrected chi connectivity index (χ4v) is 4.99. The molecular formula is C21H24ClFN2O3S. The molecule has 0 spiro atoms. The van der Waals surface area contributed by atoms with Crippen molar-refractivity contribution in [2.75, 3.05) is 11.3 Å². The van der Waals surface area contributed by atoms with E-state index in [4.69, 9.17) is 11.6 Å². The summed E-state index contributed by atoms with van der Waals surface area (Å²) < 4.78 is 40.7. The van der Waals surface area contributed by atoms with Gasteiger partial charge in [0.25, 0.3) is 15.9 Å². The lowest BCUT2D eigenvalue weighted by Gasteiger charge is -2.33. The highest BCUT2D eigenvalue weighted by Gasteiger charge is 2.25. The second kappa shape index (κ2) is 9.13. The van der Waals surface area contributed by atoms with Gasteiger partial charge in [-0.25, -0.2) is 12.8 Å². The normalized spacial score (nSPS) is 15.1. The largest absolute Gasteiger partial charge is 0.336 e. The van der Waals surface area contributed by atoms with E-state index < -0.39 is 15.8 Å². The number of hydrogen-bond acceptors (Lipinski definition) is 3. The van der Waals surface area contributed by atoms with Gasteiger partial charge in [-0.3, -0.25) is 9.52 Å². The summed E-state index contributed by atoms with van der Waals surface area (Å²) in [5.41, 5.74) is 0.827. The molecule has 1 saturated carbocycles. The standard InChI is InChI=1S/C21H24ClFN2O3S/c1-2-25(17-6-4-3-5-7-17)21(26)15-8-10-16(11-9-15)24-29(27,28)18-12-13-20(23)19(22)14-18/h8-14,17,24H,2-7H2,1H3. The molecule has 1 N–H and O–H groups in total. The summed E-state index contributed by atoms with van der Waals surface area (Å²) in [6, 6.07) is 9.79. The van der Waals surface area contributed by atoms with Gasteiger partial charge in [-0.05, 0) is 62.2 Å². The van der Waals surface area contributed by atoms with Crippen LogP contribution in [0.1, 0.15) is 49.4 Å². The second-order valence-electron chi connectivity index (χ2n) is 7.14. The van der Waals surface area contributed by atoms with Crippen molar-refractivity contribution in [3.8, 4) is 0 Å². The Morgan fingerprint density at radius 3 is 2.38 bits per heavy atom. The number of carbonyl (C=O) groups excluding carboxylic acids is 1. The van der Waals surface area contributed by atoms with Gasteiger partial charge >= 0.3 is 0 Å². The van der Waals surface area contributed by atoms with Crippen LogP contribution in [0.5, 0.6) is 0 Å². The maximum absolute atomic E-state index is 13.3. The van der Waals surface area contributed by atoms with Gasteiger partial charge in [0.15, 0.2) is 0 Å². The minimum Gasteiger partial charge on any atom is -0.336 e. The Bertz CT molecular complexity index is 974. The van der Waals surface area contributed by atoms with E-state index in [-0.39, 0.29) is 21.9 Å². The summed E-state index contributed by atoms with van der Waals surface area (Å²) in [6.07, 6.45) is 5.55. The van der Waals surface area contributed by atoms with E-state index >= 15 is 0 Å². The minimum atomic E-state index is -3.92. The number of rotatable bonds is 6. The molecule has 0 bridgehead atoms. The molecule has 156 valence electrons. The molecule has 2 aromatic rings. The third kappa shape index (κ3) is 5.08. The number of halogens is 2. The number of benzene rings is 2. The number of anilines is 1. The molecule has 0 heterocycles. The molecule has 8 heteroatoms. The Labute approximate surface area is 175 Å². The number of nitrogens with one attached hydrogen (secondary N) is 1. The third-order valence-electron chi connectivity index (χ3n) is 5.20. The van der Waals surface area contributed by atoms with Crippen LogP contribution in [0.15, 0.2) is 47.4 Å². The van der Waals surface area contributed by atoms with Gasteiger partial charge < -0.3 is 4.90 Å². The molecule has 2 aromatic carbocycles. The van der Waals surface area contributed by atoms with Crippen LogP contribution >= 0.6 is 11.6 Å². The summed E-state index contributed by atoms with van der Waals surface area (Å²) in [6.45, 7) is 2.62. The first-order valence-corrected chi connectivity index (χ1v) is 11.6. The molecule has 0 atom stereocenters. The molecule has 0 aromatic heterocycles. The van der Waals surface area contributed by atoms with E-state index in [0.717, 1.165) is 43.9 Å². The van der Waals surface area contributed by atoms with Crippen molar-refractivity contribution in [2.45, 2.75) is 50.0 Å². The first-order chi connectivity index (χ1) is 13.8. The van der Waals surface area contributed by atoms with Gasteiger partial charge in [-0.15, -0.1) is 0 Å². The molecule has 1 fully saturated rings. The zero-order valence-corrected chi connectivity index (χ0v) is 17.8. The fraction of sp³-hybridized carbons (Fsp3) is 0.381. The Kier molecular flexibility index (Phi) is 6.80. The van der Waals surface area contributed by atoms with Crippen molar-refractivity contribution in [3.05, 3.63) is 58.9 Å². The first kappa shape index (κ1) is 21.6. The van der Waals surface area contributed by atoms with Crippen molar-refractivity contribution in [1.82, 2.24) is 4.90 Å². The van der Waals surface area contributed by atoms with Gasteiger partial charge in [0.05, 0.1) is 9.92 Å². The van der Waals surface area contributed by atoms with Crippen molar-refractivity contribution in [2.24, 2.45) is 0 Å². The SMILES string of the molecule is CCN(C(=O)c1ccc(NS(=O)(=O)c2ccc(F)c(Cl)c2)cc1)C1CCCCC1.